The van der Waals surface area contributed by atoms with Crippen molar-refractivity contribution in [2.45, 2.75) is 43.9 Å². The van der Waals surface area contributed by atoms with Gasteiger partial charge in [-0.15, -0.1) is 0 Å². The van der Waals surface area contributed by atoms with Crippen molar-refractivity contribution < 1.29 is 5.11 Å². The molecule has 37 heavy (non-hydrogen) atoms. The number of aliphatic hydroxyl groups is 1. The van der Waals surface area contributed by atoms with Crippen molar-refractivity contribution in [2.24, 2.45) is 4.99 Å². The van der Waals surface area contributed by atoms with Crippen molar-refractivity contribution in [1.82, 2.24) is 29.6 Å². The van der Waals surface area contributed by atoms with Gasteiger partial charge in [0.05, 0.1) is 36.1 Å². The van der Waals surface area contributed by atoms with E-state index in [1.54, 1.807) is 0 Å². The van der Waals surface area contributed by atoms with Gasteiger partial charge in [-0.05, 0) is 62.2 Å². The number of aliphatic imine (C=N–C) groups is 1. The van der Waals surface area contributed by atoms with Gasteiger partial charge in [-0.1, -0.05) is 18.2 Å². The maximum absolute atomic E-state index is 10.7. The Morgan fingerprint density at radius 1 is 1.05 bits per heavy atom. The highest BCUT2D eigenvalue weighted by atomic mass is 16.3. The van der Waals surface area contributed by atoms with E-state index in [4.69, 9.17) is 9.98 Å². The number of amidine groups is 1. The highest BCUT2D eigenvalue weighted by Gasteiger charge is 2.41. The average Bonchev–Trinajstić information content (AvgIpc) is 3.30. The summed E-state index contributed by atoms with van der Waals surface area (Å²) >= 11 is 0. The third kappa shape index (κ3) is 4.93. The van der Waals surface area contributed by atoms with Gasteiger partial charge in [-0.2, -0.15) is 0 Å². The van der Waals surface area contributed by atoms with Crippen LogP contribution < -0.4 is 0 Å². The largest absolute Gasteiger partial charge is 0.394 e. The number of hydrogen-bond acceptors (Lipinski definition) is 8. The van der Waals surface area contributed by atoms with E-state index in [1.165, 1.54) is 11.3 Å². The molecular formula is C29H37N7O. The minimum atomic E-state index is -0.0936. The van der Waals surface area contributed by atoms with Gasteiger partial charge in [-0.3, -0.25) is 19.9 Å². The molecule has 6 rings (SSSR count). The van der Waals surface area contributed by atoms with E-state index in [-0.39, 0.29) is 24.7 Å². The first-order valence-corrected chi connectivity index (χ1v) is 13.6. The van der Waals surface area contributed by atoms with E-state index in [0.717, 1.165) is 75.9 Å². The molecule has 0 radical (unpaired) electrons. The third-order valence-corrected chi connectivity index (χ3v) is 8.19. The number of likely N-dealkylation sites (N-methyl/N-ethyl adjacent to an activating group) is 1. The molecule has 1 N–H and O–H groups in total. The Hall–Kier alpha value is -3.07. The Balaban J connectivity index is 1.28. The molecule has 8 heteroatoms. The van der Waals surface area contributed by atoms with Crippen LogP contribution in [0, 0.1) is 0 Å². The Morgan fingerprint density at radius 2 is 1.92 bits per heavy atom. The molecule has 5 heterocycles. The summed E-state index contributed by atoms with van der Waals surface area (Å²) in [4.78, 5) is 24.3. The van der Waals surface area contributed by atoms with E-state index >= 15 is 0 Å². The van der Waals surface area contributed by atoms with Gasteiger partial charge < -0.3 is 19.8 Å². The van der Waals surface area contributed by atoms with E-state index in [2.05, 4.69) is 68.1 Å². The topological polar surface area (TPSA) is 71.3 Å². The molecule has 2 aromatic rings. The maximum Gasteiger partial charge on any atom is 0.129 e. The number of piperazine rings is 1. The number of allylic oxidation sites excluding steroid dienone is 2. The molecule has 2 aromatic heterocycles. The number of fused-ring (bicyclic) bond motifs is 2. The fourth-order valence-electron chi connectivity index (χ4n) is 6.21. The van der Waals surface area contributed by atoms with Gasteiger partial charge in [0.25, 0.3) is 0 Å². The lowest BCUT2D eigenvalue weighted by Gasteiger charge is -2.42. The van der Waals surface area contributed by atoms with Gasteiger partial charge in [-0.25, -0.2) is 0 Å². The molecule has 1 aliphatic carbocycles. The summed E-state index contributed by atoms with van der Waals surface area (Å²) in [5.41, 5.74) is 3.58. The highest BCUT2D eigenvalue weighted by Crippen LogP contribution is 2.36. The zero-order valence-electron chi connectivity index (χ0n) is 21.7. The van der Waals surface area contributed by atoms with Gasteiger partial charge in [0, 0.05) is 51.7 Å². The van der Waals surface area contributed by atoms with Gasteiger partial charge in [0.1, 0.15) is 11.7 Å². The quantitative estimate of drug-likeness (QED) is 0.628. The van der Waals surface area contributed by atoms with Crippen LogP contribution in [-0.4, -0.2) is 99.0 Å². The molecule has 1 fully saturated rings. The van der Waals surface area contributed by atoms with Gasteiger partial charge in [0.2, 0.25) is 0 Å². The predicted octanol–water partition coefficient (Wildman–Crippen LogP) is 2.46. The standard InChI is InChI=1S/C29H37N7O/c1-33-15-17-34(18-16-33)28-12-5-11-27-32-24(26(21-37)36(27)28)20-35(19-23-9-2-3-13-30-23)25-10-4-7-22-8-6-14-31-29(22)25/h2-3,5-6,8-9,11-14,24-26,37H,4,7,10,15-21H2,1H3/t24?,25-,26?/m0/s1. The summed E-state index contributed by atoms with van der Waals surface area (Å²) in [6.45, 7) is 5.59. The smallest absolute Gasteiger partial charge is 0.129 e. The number of aromatic nitrogens is 2. The number of pyridine rings is 2. The minimum Gasteiger partial charge on any atom is -0.394 e. The van der Waals surface area contributed by atoms with E-state index in [1.807, 2.05) is 24.5 Å². The summed E-state index contributed by atoms with van der Waals surface area (Å²) in [5.74, 6) is 2.12. The third-order valence-electron chi connectivity index (χ3n) is 8.19. The molecule has 0 amide bonds. The molecule has 4 aliphatic rings. The summed E-state index contributed by atoms with van der Waals surface area (Å²) in [7, 11) is 2.18. The summed E-state index contributed by atoms with van der Waals surface area (Å²) in [6, 6.07) is 10.5. The van der Waals surface area contributed by atoms with Crippen LogP contribution in [-0.2, 0) is 13.0 Å². The van der Waals surface area contributed by atoms with Crippen molar-refractivity contribution in [3.05, 3.63) is 83.7 Å². The molecule has 0 spiro atoms. The number of aliphatic hydroxyl groups excluding tert-OH is 1. The molecule has 2 unspecified atom stereocenters. The Bertz CT molecular complexity index is 1170. The number of aryl methyl sites for hydroxylation is 1. The van der Waals surface area contributed by atoms with Crippen LogP contribution in [0.25, 0.3) is 0 Å². The van der Waals surface area contributed by atoms with Crippen LogP contribution in [0.15, 0.2) is 71.8 Å². The highest BCUT2D eigenvalue weighted by molar-refractivity contribution is 5.97. The van der Waals surface area contributed by atoms with Crippen molar-refractivity contribution in [2.75, 3.05) is 46.4 Å². The second-order valence-corrected chi connectivity index (χ2v) is 10.6. The lowest BCUT2D eigenvalue weighted by atomic mass is 9.90. The van der Waals surface area contributed by atoms with Gasteiger partial charge >= 0.3 is 0 Å². The van der Waals surface area contributed by atoms with Crippen LogP contribution in [0.4, 0.5) is 0 Å². The Labute approximate surface area is 219 Å². The van der Waals surface area contributed by atoms with Crippen molar-refractivity contribution in [3.63, 3.8) is 0 Å². The number of rotatable bonds is 7. The fourth-order valence-corrected chi connectivity index (χ4v) is 6.21. The van der Waals surface area contributed by atoms with Crippen LogP contribution >= 0.6 is 0 Å². The SMILES string of the molecule is CN1CCN(C2=CC=CC3=NC(CN(Cc4ccccn4)[C@H]4CCCc5cccnc54)C(CO)N23)CC1. The zero-order chi connectivity index (χ0) is 25.2. The first-order chi connectivity index (χ1) is 18.2. The molecule has 0 aromatic carbocycles. The van der Waals surface area contributed by atoms with Crippen LogP contribution in [0.5, 0.6) is 0 Å². The van der Waals surface area contributed by atoms with E-state index < -0.39 is 0 Å². The summed E-state index contributed by atoms with van der Waals surface area (Å²) in [5, 5.41) is 10.7. The van der Waals surface area contributed by atoms with Crippen LogP contribution in [0.2, 0.25) is 0 Å². The van der Waals surface area contributed by atoms with Crippen molar-refractivity contribution >= 4 is 5.84 Å². The fraction of sp³-hybridized carbons (Fsp3) is 0.483. The maximum atomic E-state index is 10.7. The second kappa shape index (κ2) is 10.7. The molecule has 0 saturated carbocycles. The molecule has 0 bridgehead atoms. The Morgan fingerprint density at radius 3 is 2.73 bits per heavy atom. The second-order valence-electron chi connectivity index (χ2n) is 10.6. The minimum absolute atomic E-state index is 0.0450. The van der Waals surface area contributed by atoms with Crippen molar-refractivity contribution in [3.8, 4) is 0 Å². The zero-order valence-corrected chi connectivity index (χ0v) is 21.7. The van der Waals surface area contributed by atoms with Crippen LogP contribution in [0.1, 0.15) is 35.8 Å². The molecule has 1 saturated heterocycles. The van der Waals surface area contributed by atoms with Gasteiger partial charge in [0.15, 0.2) is 0 Å². The average molecular weight is 500 g/mol. The first-order valence-electron chi connectivity index (χ1n) is 13.6. The predicted molar refractivity (Wildman–Crippen MR) is 145 cm³/mol. The summed E-state index contributed by atoms with van der Waals surface area (Å²) < 4.78 is 0. The van der Waals surface area contributed by atoms with Crippen molar-refractivity contribution in [1.29, 1.82) is 0 Å². The lowest BCUT2D eigenvalue weighted by Crippen LogP contribution is -2.52. The molecule has 194 valence electrons. The normalized spacial score (nSPS) is 25.6. The molecule has 3 aliphatic heterocycles. The Kier molecular flexibility index (Phi) is 7.04. The molecule has 8 nitrogen and oxygen atoms in total. The van der Waals surface area contributed by atoms with Crippen LogP contribution in [0.3, 0.4) is 0 Å². The monoisotopic (exact) mass is 499 g/mol. The van der Waals surface area contributed by atoms with E-state index in [0.29, 0.717) is 0 Å². The summed E-state index contributed by atoms with van der Waals surface area (Å²) in [6.07, 6.45) is 13.5. The number of hydrogen-bond donors (Lipinski definition) is 1. The van der Waals surface area contributed by atoms with E-state index in [9.17, 15) is 5.11 Å². The number of nitrogens with zero attached hydrogens (tertiary/aromatic N) is 7. The molecular weight excluding hydrogens is 462 g/mol. The first kappa shape index (κ1) is 24.3. The molecule has 3 atom stereocenters. The lowest BCUT2D eigenvalue weighted by molar-refractivity contribution is 0.104.